The van der Waals surface area contributed by atoms with Gasteiger partial charge in [0.2, 0.25) is 5.91 Å². The van der Waals surface area contributed by atoms with Gasteiger partial charge in [-0.1, -0.05) is 48.5 Å². The van der Waals surface area contributed by atoms with Crippen LogP contribution in [0.4, 0.5) is 5.69 Å². The molecule has 3 aromatic rings. The zero-order valence-corrected chi connectivity index (χ0v) is 14.6. The molecule has 26 heavy (non-hydrogen) atoms. The number of pyridine rings is 1. The van der Waals surface area contributed by atoms with E-state index in [1.54, 1.807) is 19.5 Å². The minimum atomic E-state index is -0.253. The van der Waals surface area contributed by atoms with Gasteiger partial charge in [-0.05, 0) is 29.3 Å². The molecule has 2 N–H and O–H groups in total. The van der Waals surface area contributed by atoms with Crippen LogP contribution >= 0.6 is 0 Å². The van der Waals surface area contributed by atoms with E-state index in [-0.39, 0.29) is 18.5 Å². The Bertz CT molecular complexity index is 799. The predicted octanol–water partition coefficient (Wildman–Crippen LogP) is 3.41. The van der Waals surface area contributed by atoms with Crippen LogP contribution in [0, 0.1) is 0 Å². The second-order valence-corrected chi connectivity index (χ2v) is 5.75. The third kappa shape index (κ3) is 4.39. The first kappa shape index (κ1) is 17.5. The first-order valence-corrected chi connectivity index (χ1v) is 8.39. The molecule has 0 saturated carbocycles. The van der Waals surface area contributed by atoms with Gasteiger partial charge in [0.25, 0.3) is 0 Å². The molecule has 2 aromatic carbocycles. The topological polar surface area (TPSA) is 63.2 Å². The molecule has 1 heterocycles. The number of benzene rings is 2. The van der Waals surface area contributed by atoms with Crippen molar-refractivity contribution in [2.45, 2.75) is 6.04 Å². The normalized spacial score (nSPS) is 11.4. The second kappa shape index (κ2) is 8.67. The molecule has 5 heteroatoms. The lowest BCUT2D eigenvalue weighted by atomic mass is 10.0. The summed E-state index contributed by atoms with van der Waals surface area (Å²) in [4.78, 5) is 16.7. The molecule has 0 bridgehead atoms. The smallest absolute Gasteiger partial charge is 0.240 e. The van der Waals surface area contributed by atoms with Gasteiger partial charge < -0.3 is 15.4 Å². The summed E-state index contributed by atoms with van der Waals surface area (Å²) < 4.78 is 5.29. The van der Waals surface area contributed by atoms with Crippen molar-refractivity contribution in [3.63, 3.8) is 0 Å². The molecule has 0 unspecified atom stereocenters. The number of ether oxygens (including phenoxy) is 1. The fraction of sp³-hybridized carbons (Fsp3) is 0.143. The highest BCUT2D eigenvalue weighted by Gasteiger charge is 2.17. The average Bonchev–Trinajstić information content (AvgIpc) is 2.72. The van der Waals surface area contributed by atoms with Crippen LogP contribution in [0.5, 0.6) is 5.75 Å². The maximum absolute atomic E-state index is 12.5. The van der Waals surface area contributed by atoms with Crippen LogP contribution in [0.25, 0.3) is 0 Å². The lowest BCUT2D eigenvalue weighted by molar-refractivity contribution is -0.119. The lowest BCUT2D eigenvalue weighted by Gasteiger charge is -2.20. The summed E-state index contributed by atoms with van der Waals surface area (Å²) in [5, 5.41) is 6.19. The number of aromatic nitrogens is 1. The van der Waals surface area contributed by atoms with E-state index >= 15 is 0 Å². The van der Waals surface area contributed by atoms with E-state index in [0.717, 1.165) is 16.8 Å². The third-order valence-electron chi connectivity index (χ3n) is 4.00. The van der Waals surface area contributed by atoms with Gasteiger partial charge in [-0.3, -0.25) is 9.78 Å². The number of amides is 1. The Labute approximate surface area is 153 Å². The van der Waals surface area contributed by atoms with Gasteiger partial charge in [0.15, 0.2) is 0 Å². The van der Waals surface area contributed by atoms with E-state index < -0.39 is 0 Å². The molecule has 0 aliphatic rings. The quantitative estimate of drug-likeness (QED) is 0.687. The summed E-state index contributed by atoms with van der Waals surface area (Å²) >= 11 is 0. The predicted molar refractivity (Wildman–Crippen MR) is 102 cm³/mol. The molecule has 1 aromatic heterocycles. The summed E-state index contributed by atoms with van der Waals surface area (Å²) in [6.45, 7) is 0.143. The van der Waals surface area contributed by atoms with Gasteiger partial charge in [-0.2, -0.15) is 0 Å². The fourth-order valence-corrected chi connectivity index (χ4v) is 2.73. The van der Waals surface area contributed by atoms with E-state index in [2.05, 4.69) is 15.6 Å². The Morgan fingerprint density at radius 2 is 1.73 bits per heavy atom. The molecule has 0 spiro atoms. The minimum absolute atomic E-state index is 0.117. The maximum atomic E-state index is 12.5. The minimum Gasteiger partial charge on any atom is -0.495 e. The SMILES string of the molecule is COc1ccccc1NCC(=O)N[C@H](c1ccccc1)c1cccnc1. The highest BCUT2D eigenvalue weighted by molar-refractivity contribution is 5.82. The van der Waals surface area contributed by atoms with Gasteiger partial charge >= 0.3 is 0 Å². The number of hydrogen-bond acceptors (Lipinski definition) is 4. The molecular weight excluding hydrogens is 326 g/mol. The average molecular weight is 347 g/mol. The van der Waals surface area contributed by atoms with Crippen LogP contribution in [-0.4, -0.2) is 24.5 Å². The Hall–Kier alpha value is -3.34. The summed E-state index contributed by atoms with van der Waals surface area (Å²) in [6.07, 6.45) is 3.49. The Morgan fingerprint density at radius 3 is 2.46 bits per heavy atom. The Balaban J connectivity index is 1.72. The molecule has 0 aliphatic heterocycles. The van der Waals surface area contributed by atoms with Crippen molar-refractivity contribution in [3.8, 4) is 5.75 Å². The van der Waals surface area contributed by atoms with Gasteiger partial charge in [-0.15, -0.1) is 0 Å². The zero-order valence-electron chi connectivity index (χ0n) is 14.6. The Morgan fingerprint density at radius 1 is 1.00 bits per heavy atom. The van der Waals surface area contributed by atoms with Gasteiger partial charge in [0.05, 0.1) is 25.4 Å². The van der Waals surface area contributed by atoms with Gasteiger partial charge in [0, 0.05) is 12.4 Å². The highest BCUT2D eigenvalue weighted by Crippen LogP contribution is 2.23. The standard InChI is InChI=1S/C21H21N3O2/c1-26-19-12-6-5-11-18(19)23-15-20(25)24-21(16-8-3-2-4-9-16)17-10-7-13-22-14-17/h2-14,21,23H,15H2,1H3,(H,24,25)/t21-/m1/s1. The number of carbonyl (C=O) groups is 1. The lowest BCUT2D eigenvalue weighted by Crippen LogP contribution is -2.34. The van der Waals surface area contributed by atoms with Crippen molar-refractivity contribution in [1.82, 2.24) is 10.3 Å². The fourth-order valence-electron chi connectivity index (χ4n) is 2.73. The zero-order chi connectivity index (χ0) is 18.2. The number of para-hydroxylation sites is 2. The molecule has 132 valence electrons. The van der Waals surface area contributed by atoms with Crippen LogP contribution in [0.1, 0.15) is 17.2 Å². The molecule has 0 saturated heterocycles. The molecule has 0 aliphatic carbocycles. The summed E-state index contributed by atoms with van der Waals surface area (Å²) in [5.41, 5.74) is 2.72. The Kier molecular flexibility index (Phi) is 5.83. The van der Waals surface area contributed by atoms with Crippen molar-refractivity contribution in [1.29, 1.82) is 0 Å². The third-order valence-corrected chi connectivity index (χ3v) is 4.00. The molecule has 0 radical (unpaired) electrons. The van der Waals surface area contributed by atoms with Crippen LogP contribution in [0.2, 0.25) is 0 Å². The first-order valence-electron chi connectivity index (χ1n) is 8.39. The van der Waals surface area contributed by atoms with Crippen LogP contribution in [0.15, 0.2) is 79.1 Å². The second-order valence-electron chi connectivity index (χ2n) is 5.75. The summed E-state index contributed by atoms with van der Waals surface area (Å²) in [7, 11) is 1.61. The molecule has 5 nitrogen and oxygen atoms in total. The van der Waals surface area contributed by atoms with Crippen LogP contribution < -0.4 is 15.4 Å². The van der Waals surface area contributed by atoms with Crippen molar-refractivity contribution in [3.05, 3.63) is 90.3 Å². The number of nitrogens with one attached hydrogen (secondary N) is 2. The number of hydrogen-bond donors (Lipinski definition) is 2. The van der Waals surface area contributed by atoms with E-state index in [4.69, 9.17) is 4.74 Å². The van der Waals surface area contributed by atoms with E-state index in [9.17, 15) is 4.79 Å². The molecule has 1 amide bonds. The maximum Gasteiger partial charge on any atom is 0.240 e. The van der Waals surface area contributed by atoms with Crippen molar-refractivity contribution in [2.24, 2.45) is 0 Å². The molecule has 0 fully saturated rings. The van der Waals surface area contributed by atoms with E-state index in [1.807, 2.05) is 66.7 Å². The number of methoxy groups -OCH3 is 1. The number of anilines is 1. The monoisotopic (exact) mass is 347 g/mol. The molecular formula is C21H21N3O2. The van der Waals surface area contributed by atoms with Crippen molar-refractivity contribution >= 4 is 11.6 Å². The number of rotatable bonds is 7. The highest BCUT2D eigenvalue weighted by atomic mass is 16.5. The van der Waals surface area contributed by atoms with Gasteiger partial charge in [0.1, 0.15) is 5.75 Å². The van der Waals surface area contributed by atoms with Crippen molar-refractivity contribution in [2.75, 3.05) is 19.0 Å². The molecule has 3 rings (SSSR count). The summed E-state index contributed by atoms with van der Waals surface area (Å²) in [5.74, 6) is 0.584. The van der Waals surface area contributed by atoms with Crippen molar-refractivity contribution < 1.29 is 9.53 Å². The largest absolute Gasteiger partial charge is 0.495 e. The molecule has 1 atom stereocenters. The number of nitrogens with zero attached hydrogens (tertiary/aromatic N) is 1. The summed E-state index contributed by atoms with van der Waals surface area (Å²) in [6, 6.07) is 20.9. The first-order chi connectivity index (χ1) is 12.8. The van der Waals surface area contributed by atoms with E-state index in [1.165, 1.54) is 0 Å². The van der Waals surface area contributed by atoms with Crippen LogP contribution in [0.3, 0.4) is 0 Å². The van der Waals surface area contributed by atoms with Crippen LogP contribution in [-0.2, 0) is 4.79 Å². The van der Waals surface area contributed by atoms with E-state index in [0.29, 0.717) is 5.75 Å². The number of carbonyl (C=O) groups excluding carboxylic acids is 1. The van der Waals surface area contributed by atoms with Gasteiger partial charge in [-0.25, -0.2) is 0 Å².